The highest BCUT2D eigenvalue weighted by molar-refractivity contribution is 7.50. The third-order valence-electron chi connectivity index (χ3n) is 3.64. The van der Waals surface area contributed by atoms with Gasteiger partial charge in [-0.1, -0.05) is 24.6 Å². The predicted octanol–water partition coefficient (Wildman–Crippen LogP) is 3.27. The van der Waals surface area contributed by atoms with Crippen molar-refractivity contribution in [2.75, 3.05) is 0 Å². The molecule has 6 nitrogen and oxygen atoms in total. The number of aliphatic hydroxyl groups excluding tert-OH is 1. The Morgan fingerprint density at radius 3 is 2.43 bits per heavy atom. The number of aromatic hydroxyl groups is 1. The fourth-order valence-electron chi connectivity index (χ4n) is 2.52. The van der Waals surface area contributed by atoms with Crippen LogP contribution in [-0.2, 0) is 11.0 Å². The van der Waals surface area contributed by atoms with Crippen molar-refractivity contribution < 1.29 is 24.6 Å². The average Bonchev–Trinajstić information content (AvgIpc) is 2.46. The van der Waals surface area contributed by atoms with Gasteiger partial charge in [0.1, 0.15) is 11.5 Å². The number of phenolic OH excluding ortho intramolecular Hbond substituents is 1. The van der Waals surface area contributed by atoms with Crippen LogP contribution in [-0.4, -0.2) is 25.7 Å². The lowest BCUT2D eigenvalue weighted by atomic mass is 9.90. The van der Waals surface area contributed by atoms with Crippen molar-refractivity contribution in [2.24, 2.45) is 10.7 Å². The van der Waals surface area contributed by atoms with Crippen LogP contribution in [0.1, 0.15) is 24.8 Å². The molecule has 0 fully saturated rings. The first-order chi connectivity index (χ1) is 10.8. The van der Waals surface area contributed by atoms with Crippen LogP contribution in [0.5, 0.6) is 5.75 Å². The topological polar surface area (TPSA) is 110 Å². The maximum Gasteiger partial charge on any atom is 0.448 e. The standard InChI is InChI=1S/C16H20NO5P/c18-13-10-8-12(9-11-13)4-1-2-5-14-15(17-23(20,21)22)6-3-7-16(14)19/h3,6-11,14,18-19H,1-2,4-5H2,(H2,20,21,22). The number of hydrogen-bond acceptors (Lipinski definition) is 3. The first kappa shape index (κ1) is 17.5. The number of benzene rings is 1. The van der Waals surface area contributed by atoms with Crippen LogP contribution in [0.2, 0.25) is 0 Å². The third kappa shape index (κ3) is 5.67. The Kier molecular flexibility index (Phi) is 5.77. The maximum atomic E-state index is 11.0. The van der Waals surface area contributed by atoms with Crippen LogP contribution in [0.3, 0.4) is 0 Å². The van der Waals surface area contributed by atoms with E-state index in [2.05, 4.69) is 4.76 Å². The van der Waals surface area contributed by atoms with Gasteiger partial charge in [0.05, 0.1) is 11.6 Å². The van der Waals surface area contributed by atoms with Crippen LogP contribution in [0.15, 0.2) is 53.0 Å². The molecule has 1 aliphatic carbocycles. The summed E-state index contributed by atoms with van der Waals surface area (Å²) < 4.78 is 14.5. The van der Waals surface area contributed by atoms with Gasteiger partial charge in [-0.3, -0.25) is 0 Å². The molecule has 0 saturated heterocycles. The van der Waals surface area contributed by atoms with Gasteiger partial charge in [0.25, 0.3) is 0 Å². The van der Waals surface area contributed by atoms with E-state index >= 15 is 0 Å². The Morgan fingerprint density at radius 2 is 1.78 bits per heavy atom. The summed E-state index contributed by atoms with van der Waals surface area (Å²) in [5.74, 6) is -0.173. The van der Waals surface area contributed by atoms with E-state index in [-0.39, 0.29) is 17.2 Å². The highest BCUT2D eigenvalue weighted by Crippen LogP contribution is 2.38. The molecule has 0 radical (unpaired) electrons. The number of unbranched alkanes of at least 4 members (excludes halogenated alkanes) is 1. The molecular formula is C16H20NO5P. The van der Waals surface area contributed by atoms with Crippen LogP contribution < -0.4 is 0 Å². The number of rotatable bonds is 6. The van der Waals surface area contributed by atoms with Crippen molar-refractivity contribution in [3.8, 4) is 5.75 Å². The Labute approximate surface area is 134 Å². The van der Waals surface area contributed by atoms with Crippen LogP contribution >= 0.6 is 7.75 Å². The minimum absolute atomic E-state index is 0.0735. The second kappa shape index (κ2) is 7.59. The molecule has 1 aliphatic rings. The number of nitrogens with zero attached hydrogens (tertiary/aromatic N) is 1. The van der Waals surface area contributed by atoms with E-state index in [1.807, 2.05) is 12.1 Å². The molecule has 1 unspecified atom stereocenters. The van der Waals surface area contributed by atoms with Crippen molar-refractivity contribution in [3.63, 3.8) is 0 Å². The Hall–Kier alpha value is -1.88. The minimum atomic E-state index is -4.51. The van der Waals surface area contributed by atoms with E-state index < -0.39 is 13.7 Å². The molecule has 0 saturated carbocycles. The lowest BCUT2D eigenvalue weighted by Crippen LogP contribution is -2.17. The lowest BCUT2D eigenvalue weighted by Gasteiger charge is -2.19. The zero-order chi connectivity index (χ0) is 16.9. The van der Waals surface area contributed by atoms with Gasteiger partial charge in [-0.15, -0.1) is 0 Å². The minimum Gasteiger partial charge on any atom is -0.512 e. The van der Waals surface area contributed by atoms with E-state index in [0.29, 0.717) is 6.42 Å². The monoisotopic (exact) mass is 337 g/mol. The molecule has 7 heteroatoms. The molecule has 1 atom stereocenters. The van der Waals surface area contributed by atoms with E-state index in [9.17, 15) is 14.8 Å². The highest BCUT2D eigenvalue weighted by Gasteiger charge is 2.24. The summed E-state index contributed by atoms with van der Waals surface area (Å²) >= 11 is 0. The van der Waals surface area contributed by atoms with Crippen LogP contribution in [0.25, 0.3) is 0 Å². The lowest BCUT2D eigenvalue weighted by molar-refractivity contribution is 0.351. The number of aliphatic hydroxyl groups is 1. The van der Waals surface area contributed by atoms with Gasteiger partial charge < -0.3 is 20.0 Å². The molecule has 4 N–H and O–H groups in total. The largest absolute Gasteiger partial charge is 0.512 e. The smallest absolute Gasteiger partial charge is 0.448 e. The molecule has 0 aromatic heterocycles. The van der Waals surface area contributed by atoms with Crippen molar-refractivity contribution in [2.45, 2.75) is 25.7 Å². The molecule has 0 bridgehead atoms. The molecule has 23 heavy (non-hydrogen) atoms. The number of hydrogen-bond donors (Lipinski definition) is 4. The first-order valence-electron chi connectivity index (χ1n) is 7.36. The predicted molar refractivity (Wildman–Crippen MR) is 88.5 cm³/mol. The van der Waals surface area contributed by atoms with E-state index in [0.717, 1.165) is 24.8 Å². The van der Waals surface area contributed by atoms with Crippen molar-refractivity contribution in [3.05, 3.63) is 53.8 Å². The van der Waals surface area contributed by atoms with Gasteiger partial charge in [-0.25, -0.2) is 4.57 Å². The van der Waals surface area contributed by atoms with Gasteiger partial charge in [-0.05, 0) is 49.1 Å². The number of aryl methyl sites for hydroxylation is 1. The zero-order valence-electron chi connectivity index (χ0n) is 12.5. The van der Waals surface area contributed by atoms with Gasteiger partial charge in [0.2, 0.25) is 0 Å². The number of allylic oxidation sites excluding steroid dienone is 4. The van der Waals surface area contributed by atoms with Crippen molar-refractivity contribution in [1.82, 2.24) is 0 Å². The highest BCUT2D eigenvalue weighted by atomic mass is 31.2. The Morgan fingerprint density at radius 1 is 1.09 bits per heavy atom. The quantitative estimate of drug-likeness (QED) is 0.470. The van der Waals surface area contributed by atoms with Crippen molar-refractivity contribution >= 4 is 13.5 Å². The van der Waals surface area contributed by atoms with Gasteiger partial charge in [-0.2, -0.15) is 4.76 Å². The normalized spacial score (nSPS) is 19.8. The second-order valence-electron chi connectivity index (χ2n) is 5.45. The van der Waals surface area contributed by atoms with Gasteiger partial charge in [0.15, 0.2) is 0 Å². The molecule has 1 aromatic rings. The van der Waals surface area contributed by atoms with E-state index in [4.69, 9.17) is 9.79 Å². The van der Waals surface area contributed by atoms with Gasteiger partial charge >= 0.3 is 7.75 Å². The molecule has 0 heterocycles. The fourth-order valence-corrected chi connectivity index (χ4v) is 3.03. The number of phenols is 1. The van der Waals surface area contributed by atoms with Gasteiger partial charge in [0, 0.05) is 0 Å². The van der Waals surface area contributed by atoms with E-state index in [1.165, 1.54) is 18.2 Å². The molecule has 0 spiro atoms. The summed E-state index contributed by atoms with van der Waals surface area (Å²) in [7, 11) is -4.51. The molecule has 124 valence electrons. The fraction of sp³-hybridized carbons (Fsp3) is 0.312. The zero-order valence-corrected chi connectivity index (χ0v) is 13.4. The summed E-state index contributed by atoms with van der Waals surface area (Å²) in [6.07, 6.45) is 7.59. The molecular weight excluding hydrogens is 317 g/mol. The van der Waals surface area contributed by atoms with Crippen LogP contribution in [0.4, 0.5) is 0 Å². The summed E-state index contributed by atoms with van der Waals surface area (Å²) in [5, 5.41) is 19.2. The summed E-state index contributed by atoms with van der Waals surface area (Å²) in [5.41, 5.74) is 1.32. The molecule has 0 amide bonds. The average molecular weight is 337 g/mol. The summed E-state index contributed by atoms with van der Waals surface area (Å²) in [6, 6.07) is 6.99. The van der Waals surface area contributed by atoms with E-state index in [1.54, 1.807) is 12.1 Å². The second-order valence-corrected chi connectivity index (χ2v) is 6.68. The van der Waals surface area contributed by atoms with Crippen LogP contribution in [0, 0.1) is 5.92 Å². The van der Waals surface area contributed by atoms with Crippen molar-refractivity contribution in [1.29, 1.82) is 0 Å². The maximum absolute atomic E-state index is 11.0. The Bertz CT molecular complexity index is 672. The Balaban J connectivity index is 1.91. The molecule has 2 rings (SSSR count). The third-order valence-corrected chi connectivity index (χ3v) is 4.13. The molecule has 0 aliphatic heterocycles. The summed E-state index contributed by atoms with van der Waals surface area (Å²) in [4.78, 5) is 18.0. The first-order valence-corrected chi connectivity index (χ1v) is 8.92. The SMILES string of the molecule is O=P(O)(O)N=C1C=CC=C(O)C1CCCCc1ccc(O)cc1. The summed E-state index contributed by atoms with van der Waals surface area (Å²) in [6.45, 7) is 0. The molecule has 1 aromatic carbocycles.